The van der Waals surface area contributed by atoms with Crippen molar-refractivity contribution in [1.29, 1.82) is 0 Å². The molecule has 3 aromatic heterocycles. The van der Waals surface area contributed by atoms with Crippen LogP contribution in [0.5, 0.6) is 11.5 Å². The van der Waals surface area contributed by atoms with Crippen LogP contribution < -0.4 is 38.3 Å². The molecule has 0 aliphatic carbocycles. The number of alkyl halides is 6. The highest BCUT2D eigenvalue weighted by Gasteiger charge is 2.39. The molecule has 12 rings (SSSR count). The summed E-state index contributed by atoms with van der Waals surface area (Å²) in [7, 11) is -10.2. The van der Waals surface area contributed by atoms with Gasteiger partial charge in [0.25, 0.3) is 0 Å². The summed E-state index contributed by atoms with van der Waals surface area (Å²) < 4.78 is 173. The number of nitrogens with zero attached hydrogens (tertiary/aromatic N) is 12. The van der Waals surface area contributed by atoms with Crippen molar-refractivity contribution in [3.8, 4) is 11.5 Å². The molecule has 3 N–H and O–H groups in total. The molecule has 0 unspecified atom stereocenters. The predicted molar refractivity (Wildman–Crippen MR) is 425 cm³/mol. The van der Waals surface area contributed by atoms with Crippen LogP contribution in [0.2, 0.25) is 20.1 Å². The van der Waals surface area contributed by atoms with Crippen molar-refractivity contribution in [2.75, 3.05) is 146 Å². The van der Waals surface area contributed by atoms with Crippen molar-refractivity contribution in [2.24, 2.45) is 0 Å². The summed E-state index contributed by atoms with van der Waals surface area (Å²) >= 11 is 25.3. The van der Waals surface area contributed by atoms with Crippen LogP contribution in [0.25, 0.3) is 0 Å². The van der Waals surface area contributed by atoms with E-state index >= 15 is 0 Å². The van der Waals surface area contributed by atoms with E-state index in [-0.39, 0.29) is 17.3 Å². The molecule has 9 heterocycles. The fourth-order valence-corrected chi connectivity index (χ4v) is 18.4. The van der Waals surface area contributed by atoms with Crippen LogP contribution in [0.4, 0.5) is 65.2 Å². The number of sulfonamides is 3. The van der Waals surface area contributed by atoms with Crippen LogP contribution in [0.15, 0.2) is 104 Å². The fourth-order valence-electron chi connectivity index (χ4n) is 15.7. The summed E-state index contributed by atoms with van der Waals surface area (Å²) in [5.41, 5.74) is 3.64. The van der Waals surface area contributed by atoms with Gasteiger partial charge in [0.2, 0.25) is 30.1 Å². The normalized spacial score (nSPS) is 20.6. The number of anilines is 6. The minimum absolute atomic E-state index is 0.206. The summed E-state index contributed by atoms with van der Waals surface area (Å²) in [6.07, 6.45) is 7.55. The summed E-state index contributed by atoms with van der Waals surface area (Å²) in [4.78, 5) is 34.6. The number of piperidine rings is 3. The predicted octanol–water partition coefficient (Wildman–Crippen LogP) is 13.6. The maximum absolute atomic E-state index is 14.2. The van der Waals surface area contributed by atoms with Crippen molar-refractivity contribution >= 4 is 111 Å². The third kappa shape index (κ3) is 26.4. The number of hydrogen-bond donors (Lipinski definition) is 3. The molecule has 0 saturated carbocycles. The smallest absolute Gasteiger partial charge is 0.406 e. The van der Waals surface area contributed by atoms with Crippen molar-refractivity contribution in [3.63, 3.8) is 0 Å². The Kier molecular flexibility index (Phi) is 30.2. The molecule has 3 aromatic carbocycles. The number of aromatic nitrogens is 3. The fraction of sp³-hybridized carbons (Fsp3) is 0.554. The van der Waals surface area contributed by atoms with E-state index in [2.05, 4.69) is 103 Å². The van der Waals surface area contributed by atoms with Gasteiger partial charge in [0.15, 0.2) is 0 Å². The van der Waals surface area contributed by atoms with Gasteiger partial charge in [0, 0.05) is 125 Å². The number of rotatable bonds is 23. The van der Waals surface area contributed by atoms with E-state index in [1.54, 1.807) is 54.6 Å². The number of likely N-dealkylation sites (tertiary alicyclic amines) is 3. The zero-order valence-corrected chi connectivity index (χ0v) is 68.4. The number of ether oxygens (including phenoxy) is 2. The average molecular weight is 1700 g/mol. The van der Waals surface area contributed by atoms with Crippen molar-refractivity contribution in [3.05, 3.63) is 146 Å². The second kappa shape index (κ2) is 38.5. The Bertz CT molecular complexity index is 4220. The largest absolute Gasteiger partial charge is 0.573 e. The van der Waals surface area contributed by atoms with Gasteiger partial charge in [0.1, 0.15) is 34.8 Å². The van der Waals surface area contributed by atoms with Crippen molar-refractivity contribution < 1.29 is 65.5 Å². The lowest BCUT2D eigenvalue weighted by molar-refractivity contribution is -0.275. The molecule has 6 aromatic rings. The molecule has 3 atom stereocenters. The first-order valence-electron chi connectivity index (χ1n) is 37.1. The van der Waals surface area contributed by atoms with Crippen LogP contribution in [0.1, 0.15) is 95.2 Å². The lowest BCUT2D eigenvalue weighted by atomic mass is 9.97. The van der Waals surface area contributed by atoms with E-state index in [0.29, 0.717) is 116 Å². The molecular formula is C74H98Cl4F7N15O8S3. The van der Waals surface area contributed by atoms with E-state index in [9.17, 15) is 56.0 Å². The minimum Gasteiger partial charge on any atom is -0.406 e. The Morgan fingerprint density at radius 1 is 0.423 bits per heavy atom. The number of benzene rings is 3. The quantitative estimate of drug-likeness (QED) is 0.0507. The lowest BCUT2D eigenvalue weighted by Gasteiger charge is -2.47. The van der Waals surface area contributed by atoms with E-state index in [1.165, 1.54) is 48.9 Å². The number of pyridine rings is 3. The van der Waals surface area contributed by atoms with Crippen LogP contribution in [-0.4, -0.2) is 236 Å². The van der Waals surface area contributed by atoms with Gasteiger partial charge < -0.3 is 24.2 Å². The molecule has 6 aliphatic heterocycles. The molecule has 37 heteroatoms. The molecule has 111 heavy (non-hydrogen) atoms. The zero-order chi connectivity index (χ0) is 80.2. The van der Waals surface area contributed by atoms with Crippen molar-refractivity contribution in [1.82, 2.24) is 44.4 Å². The first-order valence-corrected chi connectivity index (χ1v) is 44.3. The molecule has 6 saturated heterocycles. The average Bonchev–Trinajstić information content (AvgIpc) is 0.807. The third-order valence-electron chi connectivity index (χ3n) is 20.9. The molecule has 6 aliphatic rings. The van der Waals surface area contributed by atoms with E-state index < -0.39 is 42.8 Å². The van der Waals surface area contributed by atoms with Gasteiger partial charge in [-0.1, -0.05) is 97.5 Å². The highest BCUT2D eigenvalue weighted by Crippen LogP contribution is 2.37. The number of piperazine rings is 3. The molecule has 0 radical (unpaired) electrons. The summed E-state index contributed by atoms with van der Waals surface area (Å²) in [6, 6.07) is 24.3. The molecule has 0 amide bonds. The second-order valence-electron chi connectivity index (χ2n) is 29.1. The Morgan fingerprint density at radius 2 is 0.721 bits per heavy atom. The Balaban J connectivity index is 0.000000177. The second-order valence-corrected chi connectivity index (χ2v) is 36.0. The van der Waals surface area contributed by atoms with Gasteiger partial charge in [-0.05, 0) is 163 Å². The molecule has 6 fully saturated rings. The summed E-state index contributed by atoms with van der Waals surface area (Å²) in [5.74, 6) is 1.35. The maximum Gasteiger partial charge on any atom is 0.573 e. The summed E-state index contributed by atoms with van der Waals surface area (Å²) in [6.45, 7) is 21.5. The number of halogens is 11. The Morgan fingerprint density at radius 3 is 0.982 bits per heavy atom. The molecule has 612 valence electrons. The van der Waals surface area contributed by atoms with Crippen LogP contribution in [0.3, 0.4) is 0 Å². The van der Waals surface area contributed by atoms with Crippen molar-refractivity contribution in [2.45, 2.75) is 147 Å². The van der Waals surface area contributed by atoms with Crippen LogP contribution in [-0.2, 0) is 49.7 Å². The van der Waals surface area contributed by atoms with Gasteiger partial charge >= 0.3 is 12.7 Å². The van der Waals surface area contributed by atoms with Gasteiger partial charge in [-0.2, -0.15) is 0 Å². The highest BCUT2D eigenvalue weighted by atomic mass is 35.5. The third-order valence-corrected chi connectivity index (χ3v) is 23.8. The van der Waals surface area contributed by atoms with E-state index in [4.69, 9.17) is 46.4 Å². The Hall–Kier alpha value is -6.21. The topological polar surface area (TPSA) is 225 Å². The van der Waals surface area contributed by atoms with Gasteiger partial charge in [-0.15, -0.1) is 26.3 Å². The lowest BCUT2D eigenvalue weighted by Crippen LogP contribution is -2.58. The molecule has 0 bridgehead atoms. The Labute approximate surface area is 667 Å². The monoisotopic (exact) mass is 1690 g/mol. The summed E-state index contributed by atoms with van der Waals surface area (Å²) in [5, 5.41) is 1.68. The zero-order valence-electron chi connectivity index (χ0n) is 62.9. The molecule has 23 nitrogen and oxygen atoms in total. The SMILES string of the molecule is CC[C@H]1CN(c2ncc(NS(C)(=O)=O)cc2Cl)CCN1C1CCN(Cc2ccc(Cl)cc2F)CC1.CC[C@H]1CN(c2ncc(NS(C)(=O)=O)cc2Cl)CCN1C1CCN(Cc2ccc(OC(F)(F)F)cc2)CC1.CC[C@H]1CN(c2ncc(NS(C)(=O)=O)cc2Cl)CCN1C1CCN(Cc2ccc(OC(F)(F)F)cc2)CC1. The maximum atomic E-state index is 14.2. The van der Waals surface area contributed by atoms with E-state index in [0.717, 1.165) is 186 Å². The first kappa shape index (κ1) is 87.2. The van der Waals surface area contributed by atoms with Crippen LogP contribution >= 0.6 is 46.4 Å². The van der Waals surface area contributed by atoms with Gasteiger partial charge in [0.05, 0.1) is 69.5 Å². The number of nitrogens with one attached hydrogen (secondary N) is 3. The van der Waals surface area contributed by atoms with Gasteiger partial charge in [-0.3, -0.25) is 43.6 Å². The highest BCUT2D eigenvalue weighted by molar-refractivity contribution is 7.92. The minimum atomic E-state index is -4.68. The van der Waals surface area contributed by atoms with Crippen LogP contribution in [0, 0.1) is 5.82 Å². The molecular weight excluding hydrogens is 1600 g/mol. The number of hydrogen-bond acceptors (Lipinski definition) is 20. The van der Waals surface area contributed by atoms with Gasteiger partial charge in [-0.25, -0.2) is 44.6 Å². The van der Waals surface area contributed by atoms with E-state index in [1.807, 2.05) is 0 Å². The first-order chi connectivity index (χ1) is 52.4. The standard InChI is InChI=1S/2C25H33ClF3N5O3S.C24H32Cl2FN5O2S/c2*1-3-20-17-33(24-23(26)14-19(15-30-24)31-38(2,35)36)12-13-34(20)21-8-10-32(11-9-21)16-18-4-6-22(7-5-18)37-25(27,28)29;1-3-20-16-31(24-22(26)13-19(14-28-24)29-35(2,33)34)10-11-32(20)21-6-8-30(9-7-21)15-17-4-5-18(25)12-23(17)27/h2*4-7,14-15,20-21,31H,3,8-13,16-17H2,1-2H3;4-5,12-14,20-21,29H,3,6-11,15-16H2,1-2H3/t3*20-/m000/s1. The molecule has 0 spiro atoms.